The minimum atomic E-state index is -0.822. The van der Waals surface area contributed by atoms with Crippen LogP contribution in [0.2, 0.25) is 0 Å². The quantitative estimate of drug-likeness (QED) is 0.865. The van der Waals surface area contributed by atoms with Crippen molar-refractivity contribution in [3.63, 3.8) is 0 Å². The molecule has 1 aromatic heterocycles. The monoisotopic (exact) mass is 260 g/mol. The fourth-order valence-corrected chi connectivity index (χ4v) is 2.05. The van der Waals surface area contributed by atoms with E-state index in [9.17, 15) is 4.79 Å². The average molecular weight is 260 g/mol. The Bertz CT molecular complexity index is 590. The third-order valence-corrected chi connectivity index (χ3v) is 2.96. The van der Waals surface area contributed by atoms with Crippen LogP contribution in [-0.4, -0.2) is 28.4 Å². The van der Waals surface area contributed by atoms with Gasteiger partial charge >= 0.3 is 5.97 Å². The van der Waals surface area contributed by atoms with Crippen LogP contribution in [0.15, 0.2) is 24.3 Å². The molecule has 19 heavy (non-hydrogen) atoms. The maximum absolute atomic E-state index is 10.7. The van der Waals surface area contributed by atoms with E-state index >= 15 is 0 Å². The van der Waals surface area contributed by atoms with Crippen molar-refractivity contribution < 1.29 is 14.6 Å². The maximum atomic E-state index is 10.7. The molecular formula is C14H16N2O3. The molecule has 0 aliphatic heterocycles. The zero-order chi connectivity index (χ0) is 13.8. The van der Waals surface area contributed by atoms with Crippen LogP contribution in [0, 0.1) is 6.92 Å². The number of methoxy groups -OCH3 is 1. The van der Waals surface area contributed by atoms with E-state index in [1.54, 1.807) is 7.11 Å². The maximum Gasteiger partial charge on any atom is 0.303 e. The highest BCUT2D eigenvalue weighted by Gasteiger charge is 2.14. The Kier molecular flexibility index (Phi) is 3.85. The first-order valence-electron chi connectivity index (χ1n) is 6.02. The smallest absolute Gasteiger partial charge is 0.303 e. The summed E-state index contributed by atoms with van der Waals surface area (Å²) in [6.07, 6.45) is 0.480. The normalized spacial score (nSPS) is 10.4. The highest BCUT2D eigenvalue weighted by molar-refractivity contribution is 5.71. The summed E-state index contributed by atoms with van der Waals surface area (Å²) in [5, 5.41) is 15.9. The molecule has 1 aromatic carbocycles. The third-order valence-electron chi connectivity index (χ3n) is 2.96. The van der Waals surface area contributed by atoms with Gasteiger partial charge in [-0.1, -0.05) is 12.1 Å². The van der Waals surface area contributed by atoms with Crippen molar-refractivity contribution in [2.24, 2.45) is 0 Å². The van der Waals surface area contributed by atoms with E-state index in [1.165, 1.54) is 0 Å². The fraction of sp³-hybridized carbons (Fsp3) is 0.286. The minimum Gasteiger partial charge on any atom is -0.497 e. The molecule has 2 aromatic rings. The van der Waals surface area contributed by atoms with Gasteiger partial charge in [0.25, 0.3) is 0 Å². The molecule has 0 saturated carbocycles. The molecule has 5 nitrogen and oxygen atoms in total. The molecule has 1 heterocycles. The molecule has 0 bridgehead atoms. The summed E-state index contributed by atoms with van der Waals surface area (Å²) >= 11 is 0. The lowest BCUT2D eigenvalue weighted by atomic mass is 10.0. The largest absolute Gasteiger partial charge is 0.497 e. The summed E-state index contributed by atoms with van der Waals surface area (Å²) in [7, 11) is 1.62. The van der Waals surface area contributed by atoms with E-state index in [0.29, 0.717) is 6.42 Å². The number of aliphatic carboxylic acids is 1. The van der Waals surface area contributed by atoms with Crippen LogP contribution < -0.4 is 4.74 Å². The zero-order valence-corrected chi connectivity index (χ0v) is 10.9. The van der Waals surface area contributed by atoms with E-state index < -0.39 is 5.97 Å². The van der Waals surface area contributed by atoms with Crippen LogP contribution in [0.5, 0.6) is 5.75 Å². The predicted molar refractivity (Wildman–Crippen MR) is 71.3 cm³/mol. The number of hydrogen-bond acceptors (Lipinski definition) is 3. The van der Waals surface area contributed by atoms with Gasteiger partial charge in [-0.2, -0.15) is 5.10 Å². The molecule has 2 N–H and O–H groups in total. The molecule has 2 rings (SSSR count). The fourth-order valence-electron chi connectivity index (χ4n) is 2.05. The van der Waals surface area contributed by atoms with Crippen molar-refractivity contribution in [2.75, 3.05) is 7.11 Å². The van der Waals surface area contributed by atoms with E-state index in [4.69, 9.17) is 9.84 Å². The van der Waals surface area contributed by atoms with Crippen LogP contribution in [0.4, 0.5) is 0 Å². The molecule has 0 unspecified atom stereocenters. The topological polar surface area (TPSA) is 75.2 Å². The second-order valence-electron chi connectivity index (χ2n) is 4.30. The molecule has 0 spiro atoms. The highest BCUT2D eigenvalue weighted by atomic mass is 16.5. The number of H-pyrrole nitrogens is 1. The molecule has 100 valence electrons. The van der Waals surface area contributed by atoms with Crippen molar-refractivity contribution in [1.29, 1.82) is 0 Å². The summed E-state index contributed by atoms with van der Waals surface area (Å²) in [5.41, 5.74) is 3.63. The van der Waals surface area contributed by atoms with Crippen molar-refractivity contribution in [3.8, 4) is 16.9 Å². The number of rotatable bonds is 5. The number of hydrogen-bond donors (Lipinski definition) is 2. The van der Waals surface area contributed by atoms with Gasteiger partial charge in [0, 0.05) is 17.7 Å². The second-order valence-corrected chi connectivity index (χ2v) is 4.30. The van der Waals surface area contributed by atoms with Gasteiger partial charge in [-0.05, 0) is 24.6 Å². The van der Waals surface area contributed by atoms with Crippen molar-refractivity contribution >= 4 is 5.97 Å². The zero-order valence-electron chi connectivity index (χ0n) is 10.9. The SMILES string of the molecule is COc1cccc(-c2c(CCC(=O)O)n[nH]c2C)c1. The number of carboxylic acid groups (broad SMARTS) is 1. The molecule has 5 heteroatoms. The van der Waals surface area contributed by atoms with Crippen molar-refractivity contribution in [3.05, 3.63) is 35.7 Å². The third kappa shape index (κ3) is 2.93. The molecule has 0 amide bonds. The average Bonchev–Trinajstić information content (AvgIpc) is 2.77. The summed E-state index contributed by atoms with van der Waals surface area (Å²) in [6, 6.07) is 7.66. The molecule has 0 aliphatic carbocycles. The van der Waals surface area contributed by atoms with Crippen LogP contribution in [-0.2, 0) is 11.2 Å². The number of carbonyl (C=O) groups is 1. The van der Waals surface area contributed by atoms with Gasteiger partial charge in [0.1, 0.15) is 5.75 Å². The van der Waals surface area contributed by atoms with Crippen molar-refractivity contribution in [2.45, 2.75) is 19.8 Å². The van der Waals surface area contributed by atoms with E-state index in [2.05, 4.69) is 10.2 Å². The Morgan fingerprint density at radius 2 is 2.26 bits per heavy atom. The van der Waals surface area contributed by atoms with Gasteiger partial charge < -0.3 is 9.84 Å². The van der Waals surface area contributed by atoms with Gasteiger partial charge in [0.2, 0.25) is 0 Å². The lowest BCUT2D eigenvalue weighted by Gasteiger charge is -2.06. The Balaban J connectivity index is 2.37. The molecule has 0 atom stereocenters. The first-order valence-corrected chi connectivity index (χ1v) is 6.02. The van der Waals surface area contributed by atoms with Crippen LogP contribution in [0.25, 0.3) is 11.1 Å². The summed E-state index contributed by atoms with van der Waals surface area (Å²) in [5.74, 6) is -0.0560. The Morgan fingerprint density at radius 3 is 2.95 bits per heavy atom. The van der Waals surface area contributed by atoms with Crippen LogP contribution >= 0.6 is 0 Å². The molecule has 0 radical (unpaired) electrons. The molecule has 0 saturated heterocycles. The molecule has 0 fully saturated rings. The number of aromatic nitrogens is 2. The first-order chi connectivity index (χ1) is 9.11. The first kappa shape index (κ1) is 13.1. The number of nitrogens with zero attached hydrogens (tertiary/aromatic N) is 1. The number of aromatic amines is 1. The summed E-state index contributed by atoms with van der Waals surface area (Å²) in [6.45, 7) is 1.92. The van der Waals surface area contributed by atoms with E-state index in [0.717, 1.165) is 28.3 Å². The number of ether oxygens (including phenoxy) is 1. The number of nitrogens with one attached hydrogen (secondary N) is 1. The molecular weight excluding hydrogens is 244 g/mol. The van der Waals surface area contributed by atoms with E-state index in [-0.39, 0.29) is 6.42 Å². The predicted octanol–water partition coefficient (Wildman–Crippen LogP) is 2.41. The minimum absolute atomic E-state index is 0.0707. The Morgan fingerprint density at radius 1 is 1.47 bits per heavy atom. The Labute approximate surface area is 111 Å². The Hall–Kier alpha value is -2.30. The summed E-state index contributed by atoms with van der Waals surface area (Å²) in [4.78, 5) is 10.7. The van der Waals surface area contributed by atoms with Gasteiger partial charge in [-0.3, -0.25) is 9.89 Å². The second kappa shape index (κ2) is 5.56. The number of benzene rings is 1. The van der Waals surface area contributed by atoms with Crippen LogP contribution in [0.3, 0.4) is 0 Å². The van der Waals surface area contributed by atoms with Crippen molar-refractivity contribution in [1.82, 2.24) is 10.2 Å². The van der Waals surface area contributed by atoms with Crippen LogP contribution in [0.1, 0.15) is 17.8 Å². The lowest BCUT2D eigenvalue weighted by molar-refractivity contribution is -0.136. The lowest BCUT2D eigenvalue weighted by Crippen LogP contribution is -1.99. The molecule has 0 aliphatic rings. The highest BCUT2D eigenvalue weighted by Crippen LogP contribution is 2.29. The number of aryl methyl sites for hydroxylation is 2. The van der Waals surface area contributed by atoms with Gasteiger partial charge in [-0.15, -0.1) is 0 Å². The number of carboxylic acids is 1. The summed E-state index contributed by atoms with van der Waals surface area (Å²) < 4.78 is 5.21. The van der Waals surface area contributed by atoms with E-state index in [1.807, 2.05) is 31.2 Å². The van der Waals surface area contributed by atoms with Gasteiger partial charge in [0.15, 0.2) is 0 Å². The standard InChI is InChI=1S/C14H16N2O3/c1-9-14(10-4-3-5-11(8-10)19-2)12(16-15-9)6-7-13(17)18/h3-5,8H,6-7H2,1-2H3,(H,15,16)(H,17,18). The van der Waals surface area contributed by atoms with Gasteiger partial charge in [0.05, 0.1) is 19.2 Å². The van der Waals surface area contributed by atoms with Gasteiger partial charge in [-0.25, -0.2) is 0 Å².